The topological polar surface area (TPSA) is 79.1 Å². The van der Waals surface area contributed by atoms with Crippen LogP contribution in [-0.4, -0.2) is 37.3 Å². The number of nitrogens with zero attached hydrogens (tertiary/aromatic N) is 2. The van der Waals surface area contributed by atoms with E-state index < -0.39 is 0 Å². The average molecular weight is 264 g/mol. The number of methoxy groups -OCH3 is 1. The van der Waals surface area contributed by atoms with Crippen LogP contribution in [0.4, 0.5) is 0 Å². The Morgan fingerprint density at radius 2 is 2.37 bits per heavy atom. The first-order chi connectivity index (χ1) is 9.27. The molecule has 0 bridgehead atoms. The smallest absolute Gasteiger partial charge is 0.239 e. The second-order valence-electron chi connectivity index (χ2n) is 4.06. The van der Waals surface area contributed by atoms with Gasteiger partial charge < -0.3 is 19.9 Å². The third-order valence-corrected chi connectivity index (χ3v) is 2.59. The highest BCUT2D eigenvalue weighted by Gasteiger charge is 2.05. The quantitative estimate of drug-likeness (QED) is 0.627. The van der Waals surface area contributed by atoms with Crippen LogP contribution in [0.2, 0.25) is 0 Å². The second-order valence-corrected chi connectivity index (χ2v) is 4.06. The molecule has 6 heteroatoms. The largest absolute Gasteiger partial charge is 0.383 e. The van der Waals surface area contributed by atoms with Crippen molar-refractivity contribution in [3.63, 3.8) is 0 Å². The minimum atomic E-state index is -0.0791. The first-order valence-corrected chi connectivity index (χ1v) is 6.25. The van der Waals surface area contributed by atoms with E-state index in [9.17, 15) is 4.79 Å². The Kier molecular flexibility index (Phi) is 7.32. The van der Waals surface area contributed by atoms with Crippen molar-refractivity contribution in [1.82, 2.24) is 15.2 Å². The number of rotatable bonds is 9. The molecule has 0 aliphatic carbocycles. The number of carbonyl (C=O) groups is 1. The standard InChI is InChI=1S/C13H20N4O2/c1-19-9-7-15-10-12-4-2-8-17(12)11-13(18)16-6-3-5-14/h2,4,8,15H,3,6-7,9-11H2,1H3,(H,16,18). The van der Waals surface area contributed by atoms with Gasteiger partial charge in [-0.3, -0.25) is 4.79 Å². The van der Waals surface area contributed by atoms with Gasteiger partial charge in [-0.25, -0.2) is 0 Å². The molecule has 104 valence electrons. The number of hydrogen-bond donors (Lipinski definition) is 2. The molecule has 0 saturated carbocycles. The number of ether oxygens (including phenoxy) is 1. The molecular weight excluding hydrogens is 244 g/mol. The van der Waals surface area contributed by atoms with Crippen molar-refractivity contribution in [2.75, 3.05) is 26.8 Å². The number of carbonyl (C=O) groups excluding carboxylic acids is 1. The maximum atomic E-state index is 11.6. The number of nitriles is 1. The summed E-state index contributed by atoms with van der Waals surface area (Å²) in [4.78, 5) is 11.6. The van der Waals surface area contributed by atoms with Crippen molar-refractivity contribution < 1.29 is 9.53 Å². The van der Waals surface area contributed by atoms with E-state index in [4.69, 9.17) is 10.00 Å². The summed E-state index contributed by atoms with van der Waals surface area (Å²) in [6, 6.07) is 5.88. The zero-order chi connectivity index (χ0) is 13.9. The molecule has 0 aromatic carbocycles. The number of amides is 1. The third-order valence-electron chi connectivity index (χ3n) is 2.59. The molecule has 6 nitrogen and oxygen atoms in total. The van der Waals surface area contributed by atoms with Crippen LogP contribution in [0.3, 0.4) is 0 Å². The van der Waals surface area contributed by atoms with Crippen LogP contribution >= 0.6 is 0 Å². The number of hydrogen-bond acceptors (Lipinski definition) is 4. The van der Waals surface area contributed by atoms with Crippen LogP contribution in [-0.2, 0) is 22.6 Å². The van der Waals surface area contributed by atoms with E-state index in [0.717, 1.165) is 12.2 Å². The molecule has 0 unspecified atom stereocenters. The maximum Gasteiger partial charge on any atom is 0.239 e. The van der Waals surface area contributed by atoms with E-state index in [0.29, 0.717) is 26.1 Å². The van der Waals surface area contributed by atoms with E-state index in [1.165, 1.54) is 0 Å². The summed E-state index contributed by atoms with van der Waals surface area (Å²) >= 11 is 0. The molecule has 0 radical (unpaired) electrons. The van der Waals surface area contributed by atoms with E-state index in [-0.39, 0.29) is 12.5 Å². The van der Waals surface area contributed by atoms with Crippen LogP contribution in [0.1, 0.15) is 12.1 Å². The molecule has 1 rings (SSSR count). The average Bonchev–Trinajstić information content (AvgIpc) is 2.82. The van der Waals surface area contributed by atoms with E-state index in [2.05, 4.69) is 10.6 Å². The first kappa shape index (κ1) is 15.2. The first-order valence-electron chi connectivity index (χ1n) is 6.25. The molecule has 19 heavy (non-hydrogen) atoms. The van der Waals surface area contributed by atoms with Gasteiger partial charge in [0.15, 0.2) is 0 Å². The van der Waals surface area contributed by atoms with E-state index in [1.807, 2.05) is 29.0 Å². The maximum absolute atomic E-state index is 11.6. The van der Waals surface area contributed by atoms with Gasteiger partial charge >= 0.3 is 0 Å². The third kappa shape index (κ3) is 6.04. The van der Waals surface area contributed by atoms with Crippen molar-refractivity contribution in [3.05, 3.63) is 24.0 Å². The highest BCUT2D eigenvalue weighted by Crippen LogP contribution is 2.01. The molecule has 1 heterocycles. The van der Waals surface area contributed by atoms with Crippen molar-refractivity contribution in [2.24, 2.45) is 0 Å². The molecule has 0 fully saturated rings. The van der Waals surface area contributed by atoms with Crippen molar-refractivity contribution >= 4 is 5.91 Å². The molecule has 1 aromatic heterocycles. The van der Waals surface area contributed by atoms with Gasteiger partial charge in [-0.1, -0.05) is 0 Å². The Balaban J connectivity index is 2.35. The highest BCUT2D eigenvalue weighted by molar-refractivity contribution is 5.75. The summed E-state index contributed by atoms with van der Waals surface area (Å²) in [5.74, 6) is -0.0791. The van der Waals surface area contributed by atoms with Crippen molar-refractivity contribution in [1.29, 1.82) is 5.26 Å². The highest BCUT2D eigenvalue weighted by atomic mass is 16.5. The van der Waals surface area contributed by atoms with Crippen LogP contribution in [0.5, 0.6) is 0 Å². The fourth-order valence-electron chi connectivity index (χ4n) is 1.62. The fourth-order valence-corrected chi connectivity index (χ4v) is 1.62. The van der Waals surface area contributed by atoms with Gasteiger partial charge in [-0.15, -0.1) is 0 Å². The number of nitrogens with one attached hydrogen (secondary N) is 2. The van der Waals surface area contributed by atoms with Gasteiger partial charge in [0.1, 0.15) is 6.54 Å². The van der Waals surface area contributed by atoms with E-state index in [1.54, 1.807) is 7.11 Å². The van der Waals surface area contributed by atoms with Gasteiger partial charge in [-0.2, -0.15) is 5.26 Å². The summed E-state index contributed by atoms with van der Waals surface area (Å²) in [5.41, 5.74) is 1.05. The van der Waals surface area contributed by atoms with Gasteiger partial charge in [0, 0.05) is 38.6 Å². The summed E-state index contributed by atoms with van der Waals surface area (Å²) in [5, 5.41) is 14.3. The molecule has 0 aliphatic rings. The van der Waals surface area contributed by atoms with E-state index >= 15 is 0 Å². The zero-order valence-electron chi connectivity index (χ0n) is 11.2. The summed E-state index contributed by atoms with van der Waals surface area (Å²) in [6.45, 7) is 2.81. The Morgan fingerprint density at radius 1 is 1.53 bits per heavy atom. The van der Waals surface area contributed by atoms with Gasteiger partial charge in [0.2, 0.25) is 5.91 Å². The molecule has 1 aromatic rings. The molecule has 2 N–H and O–H groups in total. The monoisotopic (exact) mass is 264 g/mol. The Hall–Kier alpha value is -1.84. The molecule has 0 atom stereocenters. The molecule has 0 aliphatic heterocycles. The van der Waals surface area contributed by atoms with Crippen LogP contribution < -0.4 is 10.6 Å². The fraction of sp³-hybridized carbons (Fsp3) is 0.538. The van der Waals surface area contributed by atoms with Gasteiger partial charge in [-0.05, 0) is 12.1 Å². The zero-order valence-corrected chi connectivity index (χ0v) is 11.2. The molecular formula is C13H20N4O2. The lowest BCUT2D eigenvalue weighted by Crippen LogP contribution is -2.29. The number of aromatic nitrogens is 1. The lowest BCUT2D eigenvalue weighted by Gasteiger charge is -2.10. The lowest BCUT2D eigenvalue weighted by atomic mass is 10.4. The van der Waals surface area contributed by atoms with Gasteiger partial charge in [0.25, 0.3) is 0 Å². The molecule has 0 spiro atoms. The normalized spacial score (nSPS) is 10.1. The molecule has 0 saturated heterocycles. The van der Waals surface area contributed by atoms with Crippen molar-refractivity contribution in [3.8, 4) is 6.07 Å². The van der Waals surface area contributed by atoms with Crippen LogP contribution in [0.15, 0.2) is 18.3 Å². The second kappa shape index (κ2) is 9.14. The molecule has 1 amide bonds. The minimum absolute atomic E-state index is 0.0791. The summed E-state index contributed by atoms with van der Waals surface area (Å²) in [7, 11) is 1.66. The Labute approximate surface area is 113 Å². The minimum Gasteiger partial charge on any atom is -0.383 e. The predicted octanol–water partition coefficient (Wildman–Crippen LogP) is 0.254. The lowest BCUT2D eigenvalue weighted by molar-refractivity contribution is -0.121. The van der Waals surface area contributed by atoms with Crippen LogP contribution in [0.25, 0.3) is 0 Å². The predicted molar refractivity (Wildman–Crippen MR) is 71.3 cm³/mol. The SMILES string of the molecule is COCCNCc1cccn1CC(=O)NCCC#N. The summed E-state index contributed by atoms with van der Waals surface area (Å²) < 4.78 is 6.84. The Bertz CT molecular complexity index is 423. The van der Waals surface area contributed by atoms with Gasteiger partial charge in [0.05, 0.1) is 19.1 Å². The summed E-state index contributed by atoms with van der Waals surface area (Å²) in [6.07, 6.45) is 2.21. The van der Waals surface area contributed by atoms with Crippen molar-refractivity contribution in [2.45, 2.75) is 19.5 Å². The Morgan fingerprint density at radius 3 is 3.11 bits per heavy atom. The van der Waals surface area contributed by atoms with Crippen LogP contribution in [0, 0.1) is 11.3 Å².